The number of rotatable bonds is 5. The molecule has 1 heterocycles. The van der Waals surface area contributed by atoms with Gasteiger partial charge in [0.05, 0.1) is 6.33 Å². The first kappa shape index (κ1) is 14.1. The lowest BCUT2D eigenvalue weighted by molar-refractivity contribution is -0.116. The van der Waals surface area contributed by atoms with E-state index in [2.05, 4.69) is 28.3 Å². The van der Waals surface area contributed by atoms with E-state index < -0.39 is 0 Å². The van der Waals surface area contributed by atoms with Crippen molar-refractivity contribution in [3.63, 3.8) is 0 Å². The molecule has 1 aromatic heterocycles. The van der Waals surface area contributed by atoms with E-state index in [-0.39, 0.29) is 5.91 Å². The average Bonchev–Trinajstić information content (AvgIpc) is 2.91. The van der Waals surface area contributed by atoms with Gasteiger partial charge in [0.15, 0.2) is 0 Å². The molecule has 4 heteroatoms. The molecule has 0 unspecified atom stereocenters. The van der Waals surface area contributed by atoms with E-state index in [0.717, 1.165) is 17.7 Å². The predicted octanol–water partition coefficient (Wildman–Crippen LogP) is 2.40. The SMILES string of the molecule is Cc1ccc(C=CC(=O)NCCc2cnc[nH]2)c(C)c1. The quantitative estimate of drug-likeness (QED) is 0.819. The summed E-state index contributed by atoms with van der Waals surface area (Å²) in [5.41, 5.74) is 4.48. The lowest BCUT2D eigenvalue weighted by Crippen LogP contribution is -2.23. The number of aryl methyl sites for hydroxylation is 2. The molecule has 0 atom stereocenters. The summed E-state index contributed by atoms with van der Waals surface area (Å²) in [5, 5.41) is 2.85. The highest BCUT2D eigenvalue weighted by Crippen LogP contribution is 2.11. The Kier molecular flexibility index (Phi) is 4.71. The van der Waals surface area contributed by atoms with E-state index >= 15 is 0 Å². The summed E-state index contributed by atoms with van der Waals surface area (Å²) in [6, 6.07) is 6.18. The Bertz CT molecular complexity index is 600. The summed E-state index contributed by atoms with van der Waals surface area (Å²) in [4.78, 5) is 18.6. The number of aromatic nitrogens is 2. The molecular formula is C16H19N3O. The van der Waals surface area contributed by atoms with Gasteiger partial charge in [-0.05, 0) is 31.1 Å². The molecule has 0 aliphatic heterocycles. The number of hydrogen-bond acceptors (Lipinski definition) is 2. The van der Waals surface area contributed by atoms with Crippen molar-refractivity contribution in [3.05, 3.63) is 59.2 Å². The Morgan fingerprint density at radius 2 is 2.25 bits per heavy atom. The average molecular weight is 269 g/mol. The van der Waals surface area contributed by atoms with E-state index in [9.17, 15) is 4.79 Å². The summed E-state index contributed by atoms with van der Waals surface area (Å²) >= 11 is 0. The van der Waals surface area contributed by atoms with E-state index in [4.69, 9.17) is 0 Å². The zero-order chi connectivity index (χ0) is 14.4. The number of amides is 1. The number of aromatic amines is 1. The Hall–Kier alpha value is -2.36. The van der Waals surface area contributed by atoms with Crippen LogP contribution in [0.4, 0.5) is 0 Å². The maximum absolute atomic E-state index is 11.7. The molecule has 2 N–H and O–H groups in total. The highest BCUT2D eigenvalue weighted by Gasteiger charge is 1.98. The Balaban J connectivity index is 1.83. The normalized spacial score (nSPS) is 10.9. The van der Waals surface area contributed by atoms with Crippen molar-refractivity contribution in [2.45, 2.75) is 20.3 Å². The second kappa shape index (κ2) is 6.70. The third kappa shape index (κ3) is 4.09. The van der Waals surface area contributed by atoms with Crippen LogP contribution < -0.4 is 5.32 Å². The summed E-state index contributed by atoms with van der Waals surface area (Å²) < 4.78 is 0. The van der Waals surface area contributed by atoms with Crippen LogP contribution in [0.2, 0.25) is 0 Å². The number of carbonyl (C=O) groups is 1. The van der Waals surface area contributed by atoms with E-state index in [1.54, 1.807) is 18.6 Å². The molecule has 0 bridgehead atoms. The van der Waals surface area contributed by atoms with E-state index in [1.165, 1.54) is 11.1 Å². The van der Waals surface area contributed by atoms with Crippen molar-refractivity contribution in [3.8, 4) is 0 Å². The van der Waals surface area contributed by atoms with Gasteiger partial charge >= 0.3 is 0 Å². The molecule has 0 aliphatic rings. The molecule has 2 aromatic rings. The zero-order valence-electron chi connectivity index (χ0n) is 11.8. The van der Waals surface area contributed by atoms with E-state index in [1.807, 2.05) is 25.1 Å². The van der Waals surface area contributed by atoms with Gasteiger partial charge in [-0.25, -0.2) is 4.98 Å². The molecule has 0 radical (unpaired) electrons. The number of nitrogens with one attached hydrogen (secondary N) is 2. The molecule has 1 aromatic carbocycles. The largest absolute Gasteiger partial charge is 0.352 e. The second-order valence-electron chi connectivity index (χ2n) is 4.81. The molecule has 4 nitrogen and oxygen atoms in total. The van der Waals surface area contributed by atoms with Crippen LogP contribution in [0.1, 0.15) is 22.4 Å². The number of carbonyl (C=O) groups excluding carboxylic acids is 1. The summed E-state index contributed by atoms with van der Waals surface area (Å²) in [5.74, 6) is -0.0792. The van der Waals surface area contributed by atoms with Crippen LogP contribution in [0, 0.1) is 13.8 Å². The maximum Gasteiger partial charge on any atom is 0.244 e. The van der Waals surface area contributed by atoms with Gasteiger partial charge in [-0.15, -0.1) is 0 Å². The third-order valence-electron chi connectivity index (χ3n) is 3.09. The number of nitrogens with zero attached hydrogens (tertiary/aromatic N) is 1. The van der Waals surface area contributed by atoms with Crippen molar-refractivity contribution in [1.82, 2.24) is 15.3 Å². The van der Waals surface area contributed by atoms with Gasteiger partial charge in [0.1, 0.15) is 0 Å². The van der Waals surface area contributed by atoms with Crippen LogP contribution in [0.3, 0.4) is 0 Å². The fourth-order valence-electron chi connectivity index (χ4n) is 1.98. The molecule has 0 aliphatic carbocycles. The van der Waals surface area contributed by atoms with Crippen molar-refractivity contribution in [2.24, 2.45) is 0 Å². The van der Waals surface area contributed by atoms with Crippen LogP contribution in [-0.4, -0.2) is 22.4 Å². The first-order chi connectivity index (χ1) is 9.65. The third-order valence-corrected chi connectivity index (χ3v) is 3.09. The molecule has 20 heavy (non-hydrogen) atoms. The van der Waals surface area contributed by atoms with Crippen LogP contribution in [0.5, 0.6) is 0 Å². The standard InChI is InChI=1S/C16H19N3O/c1-12-3-4-14(13(2)9-12)5-6-16(20)18-8-7-15-10-17-11-19-15/h3-6,9-11H,7-8H2,1-2H3,(H,17,19)(H,18,20). The molecule has 0 saturated heterocycles. The molecule has 0 saturated carbocycles. The topological polar surface area (TPSA) is 57.8 Å². The second-order valence-corrected chi connectivity index (χ2v) is 4.81. The minimum absolute atomic E-state index is 0.0792. The van der Waals surface area contributed by atoms with E-state index in [0.29, 0.717) is 6.54 Å². The van der Waals surface area contributed by atoms with Gasteiger partial charge in [-0.3, -0.25) is 4.79 Å². The lowest BCUT2D eigenvalue weighted by atomic mass is 10.1. The molecule has 1 amide bonds. The minimum atomic E-state index is -0.0792. The lowest BCUT2D eigenvalue weighted by Gasteiger charge is -2.02. The van der Waals surface area contributed by atoms with Gasteiger partial charge in [-0.1, -0.05) is 23.8 Å². The van der Waals surface area contributed by atoms with Gasteiger partial charge in [0.25, 0.3) is 0 Å². The maximum atomic E-state index is 11.7. The molecular weight excluding hydrogens is 250 g/mol. The number of hydrogen-bond donors (Lipinski definition) is 2. The van der Waals surface area contributed by atoms with Gasteiger partial charge in [-0.2, -0.15) is 0 Å². The number of H-pyrrole nitrogens is 1. The smallest absolute Gasteiger partial charge is 0.244 e. The van der Waals surface area contributed by atoms with Crippen LogP contribution in [-0.2, 0) is 11.2 Å². The predicted molar refractivity (Wildman–Crippen MR) is 80.3 cm³/mol. The number of imidazole rings is 1. The van der Waals surface area contributed by atoms with Crippen LogP contribution >= 0.6 is 0 Å². The zero-order valence-corrected chi connectivity index (χ0v) is 11.8. The molecule has 104 valence electrons. The summed E-state index contributed by atoms with van der Waals surface area (Å²) in [6.07, 6.45) is 7.57. The first-order valence-electron chi connectivity index (χ1n) is 6.65. The van der Waals surface area contributed by atoms with Crippen molar-refractivity contribution in [1.29, 1.82) is 0 Å². The number of benzene rings is 1. The van der Waals surface area contributed by atoms with Crippen LogP contribution in [0.15, 0.2) is 36.8 Å². The highest BCUT2D eigenvalue weighted by molar-refractivity contribution is 5.91. The van der Waals surface area contributed by atoms with Crippen molar-refractivity contribution >= 4 is 12.0 Å². The minimum Gasteiger partial charge on any atom is -0.352 e. The Labute approximate surface area is 118 Å². The van der Waals surface area contributed by atoms with Gasteiger partial charge in [0, 0.05) is 30.9 Å². The van der Waals surface area contributed by atoms with Gasteiger partial charge < -0.3 is 10.3 Å². The summed E-state index contributed by atoms with van der Waals surface area (Å²) in [7, 11) is 0. The molecule has 0 spiro atoms. The highest BCUT2D eigenvalue weighted by atomic mass is 16.1. The Morgan fingerprint density at radius 3 is 2.95 bits per heavy atom. The van der Waals surface area contributed by atoms with Crippen molar-refractivity contribution < 1.29 is 4.79 Å². The molecule has 2 rings (SSSR count). The fraction of sp³-hybridized carbons (Fsp3) is 0.250. The molecule has 0 fully saturated rings. The summed E-state index contributed by atoms with van der Waals surface area (Å²) in [6.45, 7) is 4.70. The van der Waals surface area contributed by atoms with Crippen LogP contribution in [0.25, 0.3) is 6.08 Å². The van der Waals surface area contributed by atoms with Crippen molar-refractivity contribution in [2.75, 3.05) is 6.54 Å². The first-order valence-corrected chi connectivity index (χ1v) is 6.65. The van der Waals surface area contributed by atoms with Gasteiger partial charge in [0.2, 0.25) is 5.91 Å². The monoisotopic (exact) mass is 269 g/mol. The fourth-order valence-corrected chi connectivity index (χ4v) is 1.98. The Morgan fingerprint density at radius 1 is 1.40 bits per heavy atom.